The second-order valence-electron chi connectivity index (χ2n) is 11.7. The fourth-order valence-corrected chi connectivity index (χ4v) is 8.11. The third-order valence-corrected chi connectivity index (χ3v) is 10.2. The summed E-state index contributed by atoms with van der Waals surface area (Å²) in [6.45, 7) is 0. The molecule has 9 aromatic rings. The van der Waals surface area contributed by atoms with Crippen molar-refractivity contribution in [3.05, 3.63) is 176 Å². The molecule has 2 heteroatoms. The molecule has 0 aliphatic rings. The third kappa shape index (κ3) is 4.38. The van der Waals surface area contributed by atoms with Gasteiger partial charge in [-0.3, -0.25) is 0 Å². The lowest BCUT2D eigenvalue weighted by Crippen LogP contribution is -2.10. The van der Waals surface area contributed by atoms with Gasteiger partial charge in [-0.25, -0.2) is 0 Å². The van der Waals surface area contributed by atoms with E-state index in [1.54, 1.807) is 0 Å². The lowest BCUT2D eigenvalue weighted by atomic mass is 9.94. The smallest absolute Gasteiger partial charge is 0.0546 e. The molecule has 46 heavy (non-hydrogen) atoms. The van der Waals surface area contributed by atoms with Crippen LogP contribution >= 0.6 is 11.3 Å². The molecule has 0 unspecified atom stereocenters. The molecule has 0 radical (unpaired) electrons. The van der Waals surface area contributed by atoms with Crippen molar-refractivity contribution in [3.8, 4) is 22.3 Å². The zero-order valence-electron chi connectivity index (χ0n) is 25.1. The van der Waals surface area contributed by atoms with Gasteiger partial charge in [-0.2, -0.15) is 0 Å². The van der Waals surface area contributed by atoms with Crippen molar-refractivity contribution in [1.29, 1.82) is 0 Å². The first-order valence-corrected chi connectivity index (χ1v) is 16.5. The molecule has 0 aliphatic carbocycles. The Balaban J connectivity index is 1.24. The highest BCUT2D eigenvalue weighted by Crippen LogP contribution is 2.45. The van der Waals surface area contributed by atoms with E-state index in [4.69, 9.17) is 0 Å². The summed E-state index contributed by atoms with van der Waals surface area (Å²) in [7, 11) is 0. The normalized spacial score (nSPS) is 11.5. The predicted octanol–water partition coefficient (Wildman–Crippen LogP) is 13.2. The minimum Gasteiger partial charge on any atom is -0.310 e. The molecule has 9 rings (SSSR count). The fourth-order valence-electron chi connectivity index (χ4n) is 6.99. The maximum atomic E-state index is 2.40. The lowest BCUT2D eigenvalue weighted by molar-refractivity contribution is 1.30. The van der Waals surface area contributed by atoms with Crippen LogP contribution in [0.15, 0.2) is 176 Å². The van der Waals surface area contributed by atoms with Gasteiger partial charge in [0.1, 0.15) is 0 Å². The monoisotopic (exact) mass is 603 g/mol. The van der Waals surface area contributed by atoms with Gasteiger partial charge >= 0.3 is 0 Å². The fraction of sp³-hybridized carbons (Fsp3) is 0. The number of benzene rings is 8. The minimum absolute atomic E-state index is 1.12. The van der Waals surface area contributed by atoms with Crippen LogP contribution in [0.1, 0.15) is 0 Å². The average molecular weight is 604 g/mol. The molecule has 0 bridgehead atoms. The summed E-state index contributed by atoms with van der Waals surface area (Å²) in [6, 6.07) is 63.8. The van der Waals surface area contributed by atoms with Crippen LogP contribution in [0, 0.1) is 0 Å². The Labute approximate surface area is 272 Å². The maximum absolute atomic E-state index is 2.40. The Kier molecular flexibility index (Phi) is 6.40. The molecule has 0 saturated carbocycles. The van der Waals surface area contributed by atoms with Crippen LogP contribution in [0.3, 0.4) is 0 Å². The highest BCUT2D eigenvalue weighted by molar-refractivity contribution is 7.26. The third-order valence-electron chi connectivity index (χ3n) is 9.04. The van der Waals surface area contributed by atoms with Crippen molar-refractivity contribution in [2.24, 2.45) is 0 Å². The van der Waals surface area contributed by atoms with Gasteiger partial charge in [-0.1, -0.05) is 133 Å². The first-order valence-electron chi connectivity index (χ1n) is 15.7. The molecule has 0 atom stereocenters. The molecule has 216 valence electrons. The summed E-state index contributed by atoms with van der Waals surface area (Å²) in [5.74, 6) is 0. The first-order chi connectivity index (χ1) is 22.8. The summed E-state index contributed by atoms with van der Waals surface area (Å²) < 4.78 is 2.66. The van der Waals surface area contributed by atoms with Gasteiger partial charge < -0.3 is 4.90 Å². The number of thiophene rings is 1. The molecule has 1 aromatic heterocycles. The Hall–Kier alpha value is -5.70. The summed E-state index contributed by atoms with van der Waals surface area (Å²) in [6.07, 6.45) is 0. The summed E-state index contributed by atoms with van der Waals surface area (Å²) in [5, 5.41) is 7.74. The van der Waals surface area contributed by atoms with Crippen molar-refractivity contribution in [2.45, 2.75) is 0 Å². The average Bonchev–Trinajstić information content (AvgIpc) is 3.52. The van der Waals surface area contributed by atoms with Gasteiger partial charge in [0, 0.05) is 36.9 Å². The number of rotatable bonds is 5. The number of hydrogen-bond donors (Lipinski definition) is 0. The molecular weight excluding hydrogens is 575 g/mol. The van der Waals surface area contributed by atoms with Gasteiger partial charge in [0.25, 0.3) is 0 Å². The van der Waals surface area contributed by atoms with Crippen LogP contribution < -0.4 is 4.90 Å². The highest BCUT2D eigenvalue weighted by Gasteiger charge is 2.19. The van der Waals surface area contributed by atoms with Gasteiger partial charge in [-0.05, 0) is 80.9 Å². The van der Waals surface area contributed by atoms with Gasteiger partial charge in [0.05, 0.1) is 5.69 Å². The number of hydrogen-bond acceptors (Lipinski definition) is 2. The predicted molar refractivity (Wildman–Crippen MR) is 200 cm³/mol. The van der Waals surface area contributed by atoms with Crippen molar-refractivity contribution in [2.75, 3.05) is 4.90 Å². The van der Waals surface area contributed by atoms with Crippen molar-refractivity contribution >= 4 is 70.1 Å². The van der Waals surface area contributed by atoms with Crippen LogP contribution in [0.4, 0.5) is 17.1 Å². The van der Waals surface area contributed by atoms with Crippen molar-refractivity contribution in [1.82, 2.24) is 0 Å². The van der Waals surface area contributed by atoms with E-state index in [1.165, 1.54) is 64.0 Å². The lowest BCUT2D eigenvalue weighted by Gasteiger charge is -2.28. The van der Waals surface area contributed by atoms with Crippen LogP contribution in [0.5, 0.6) is 0 Å². The Bertz CT molecular complexity index is 2510. The highest BCUT2D eigenvalue weighted by atomic mass is 32.1. The zero-order chi connectivity index (χ0) is 30.5. The van der Waals surface area contributed by atoms with E-state index in [0.29, 0.717) is 0 Å². The van der Waals surface area contributed by atoms with Gasteiger partial charge in [0.2, 0.25) is 0 Å². The van der Waals surface area contributed by atoms with E-state index in [0.717, 1.165) is 17.1 Å². The standard InChI is InChI=1S/C44H29NS/c1-3-12-30(13-4-1)36-20-9-14-32-16-11-22-39(42(32)36)45(34-17-5-2-6-18-34)35-27-24-31(25-28-35)37-21-10-15-33-26-29-41-44(43(33)37)38-19-7-8-23-40(38)46-41/h1-29H. The van der Waals surface area contributed by atoms with Crippen LogP contribution in [-0.4, -0.2) is 0 Å². The summed E-state index contributed by atoms with van der Waals surface area (Å²) in [4.78, 5) is 2.40. The number of para-hydroxylation sites is 1. The van der Waals surface area contributed by atoms with E-state index in [9.17, 15) is 0 Å². The van der Waals surface area contributed by atoms with Crippen LogP contribution in [-0.2, 0) is 0 Å². The van der Waals surface area contributed by atoms with Crippen LogP contribution in [0.25, 0.3) is 64.0 Å². The van der Waals surface area contributed by atoms with E-state index in [1.807, 2.05) is 11.3 Å². The van der Waals surface area contributed by atoms with Crippen LogP contribution in [0.2, 0.25) is 0 Å². The van der Waals surface area contributed by atoms with E-state index in [-0.39, 0.29) is 0 Å². The quantitative estimate of drug-likeness (QED) is 0.189. The van der Waals surface area contributed by atoms with E-state index < -0.39 is 0 Å². The molecule has 0 aliphatic heterocycles. The maximum Gasteiger partial charge on any atom is 0.0546 e. The number of anilines is 3. The Morgan fingerprint density at radius 1 is 0.348 bits per heavy atom. The largest absolute Gasteiger partial charge is 0.310 e. The molecule has 8 aromatic carbocycles. The molecule has 0 amide bonds. The van der Waals surface area contributed by atoms with E-state index >= 15 is 0 Å². The molecule has 0 fully saturated rings. The topological polar surface area (TPSA) is 3.24 Å². The Morgan fingerprint density at radius 3 is 1.70 bits per heavy atom. The van der Waals surface area contributed by atoms with Crippen molar-refractivity contribution in [3.63, 3.8) is 0 Å². The molecule has 1 heterocycles. The molecule has 0 saturated heterocycles. The van der Waals surface area contributed by atoms with Crippen molar-refractivity contribution < 1.29 is 0 Å². The summed E-state index contributed by atoms with van der Waals surface area (Å²) >= 11 is 1.88. The molecule has 0 spiro atoms. The molecule has 0 N–H and O–H groups in total. The number of nitrogens with zero attached hydrogens (tertiary/aromatic N) is 1. The zero-order valence-corrected chi connectivity index (χ0v) is 25.9. The second kappa shape index (κ2) is 11.0. The molecular formula is C44H29NS. The van der Waals surface area contributed by atoms with Gasteiger partial charge in [-0.15, -0.1) is 11.3 Å². The number of fused-ring (bicyclic) bond motifs is 6. The van der Waals surface area contributed by atoms with E-state index in [2.05, 4.69) is 181 Å². The van der Waals surface area contributed by atoms with Gasteiger partial charge in [0.15, 0.2) is 0 Å². The Morgan fingerprint density at radius 2 is 0.935 bits per heavy atom. The minimum atomic E-state index is 1.12. The molecule has 1 nitrogen and oxygen atoms in total. The summed E-state index contributed by atoms with van der Waals surface area (Å²) in [5.41, 5.74) is 8.33. The SMILES string of the molecule is c1ccc(-c2cccc3cccc(N(c4ccccc4)c4ccc(-c5cccc6ccc7sc8ccccc8c7c56)cc4)c23)cc1. The first kappa shape index (κ1) is 26.7. The second-order valence-corrected chi connectivity index (χ2v) is 12.8.